The molecule has 36 heavy (non-hydrogen) atoms. The highest BCUT2D eigenvalue weighted by molar-refractivity contribution is 9.10. The number of halogens is 2. The number of nitrogens with zero attached hydrogens (tertiary/aromatic N) is 1. The molecular formula is C28H30BrClN2O4. The second kappa shape index (κ2) is 13.9. The standard InChI is InChI=1S/C28H30BrClN2O4/c1-3-14-31-28(34)25(16-20-8-5-4-6-9-20)32(18-21-10-7-11-23(15-21)35-2)27(33)19-36-26-13-12-22(30)17-24(26)29/h4-13,15,17,25H,3,14,16,18-19H2,1-2H3,(H,31,34)/t25-/m0/s1. The van der Waals surface area contributed by atoms with Crippen molar-refractivity contribution >= 4 is 39.3 Å². The van der Waals surface area contributed by atoms with Crippen LogP contribution in [-0.4, -0.2) is 43.0 Å². The fourth-order valence-corrected chi connectivity index (χ4v) is 4.50. The van der Waals surface area contributed by atoms with Crippen molar-refractivity contribution in [2.45, 2.75) is 32.4 Å². The van der Waals surface area contributed by atoms with Crippen molar-refractivity contribution in [1.29, 1.82) is 0 Å². The molecule has 6 nitrogen and oxygen atoms in total. The number of amides is 2. The Bertz CT molecular complexity index is 1160. The maximum absolute atomic E-state index is 13.6. The Morgan fingerprint density at radius 2 is 1.78 bits per heavy atom. The molecule has 190 valence electrons. The van der Waals surface area contributed by atoms with Gasteiger partial charge in [-0.05, 0) is 63.8 Å². The van der Waals surface area contributed by atoms with Gasteiger partial charge in [-0.15, -0.1) is 0 Å². The molecule has 0 spiro atoms. The van der Waals surface area contributed by atoms with Gasteiger partial charge in [0.25, 0.3) is 5.91 Å². The highest BCUT2D eigenvalue weighted by Gasteiger charge is 2.30. The highest BCUT2D eigenvalue weighted by Crippen LogP contribution is 2.28. The summed E-state index contributed by atoms with van der Waals surface area (Å²) in [6.07, 6.45) is 1.16. The van der Waals surface area contributed by atoms with Crippen molar-refractivity contribution in [1.82, 2.24) is 10.2 Å². The fourth-order valence-electron chi connectivity index (χ4n) is 3.70. The number of ether oxygens (including phenoxy) is 2. The summed E-state index contributed by atoms with van der Waals surface area (Å²) in [7, 11) is 1.59. The molecule has 0 fully saturated rings. The predicted molar refractivity (Wildman–Crippen MR) is 145 cm³/mol. The molecule has 1 N–H and O–H groups in total. The van der Waals surface area contributed by atoms with E-state index in [1.54, 1.807) is 30.2 Å². The topological polar surface area (TPSA) is 67.9 Å². The first-order chi connectivity index (χ1) is 17.4. The Labute approximate surface area is 225 Å². The monoisotopic (exact) mass is 572 g/mol. The van der Waals surface area contributed by atoms with Gasteiger partial charge in [0.1, 0.15) is 17.5 Å². The molecular weight excluding hydrogens is 544 g/mol. The summed E-state index contributed by atoms with van der Waals surface area (Å²) in [5.74, 6) is 0.650. The molecule has 0 aliphatic rings. The third kappa shape index (κ3) is 8.00. The zero-order valence-corrected chi connectivity index (χ0v) is 22.7. The first-order valence-corrected chi connectivity index (χ1v) is 12.9. The summed E-state index contributed by atoms with van der Waals surface area (Å²) in [5.41, 5.74) is 1.80. The van der Waals surface area contributed by atoms with E-state index in [0.717, 1.165) is 17.5 Å². The van der Waals surface area contributed by atoms with Crippen LogP contribution in [0.15, 0.2) is 77.3 Å². The number of nitrogens with one attached hydrogen (secondary N) is 1. The largest absolute Gasteiger partial charge is 0.497 e. The molecule has 3 rings (SSSR count). The molecule has 3 aromatic carbocycles. The number of rotatable bonds is 12. The lowest BCUT2D eigenvalue weighted by molar-refractivity contribution is -0.142. The van der Waals surface area contributed by atoms with Gasteiger partial charge in [-0.3, -0.25) is 9.59 Å². The zero-order chi connectivity index (χ0) is 25.9. The smallest absolute Gasteiger partial charge is 0.261 e. The minimum Gasteiger partial charge on any atom is -0.497 e. The normalized spacial score (nSPS) is 11.4. The van der Waals surface area contributed by atoms with Gasteiger partial charge < -0.3 is 19.7 Å². The number of carbonyl (C=O) groups excluding carboxylic acids is 2. The van der Waals surface area contributed by atoms with Crippen LogP contribution in [0, 0.1) is 0 Å². The molecule has 0 heterocycles. The molecule has 0 aliphatic heterocycles. The summed E-state index contributed by atoms with van der Waals surface area (Å²) in [5, 5.41) is 3.52. The molecule has 0 aliphatic carbocycles. The average Bonchev–Trinajstić information content (AvgIpc) is 2.89. The van der Waals surface area contributed by atoms with Crippen molar-refractivity contribution in [2.75, 3.05) is 20.3 Å². The van der Waals surface area contributed by atoms with Crippen LogP contribution in [0.3, 0.4) is 0 Å². The Kier molecular flexibility index (Phi) is 10.6. The Morgan fingerprint density at radius 3 is 2.47 bits per heavy atom. The number of hydrogen-bond donors (Lipinski definition) is 1. The molecule has 0 bridgehead atoms. The van der Waals surface area contributed by atoms with E-state index >= 15 is 0 Å². The van der Waals surface area contributed by atoms with E-state index in [-0.39, 0.29) is 25.0 Å². The van der Waals surface area contributed by atoms with Crippen LogP contribution in [0.1, 0.15) is 24.5 Å². The second-order valence-electron chi connectivity index (χ2n) is 8.23. The van der Waals surface area contributed by atoms with Crippen LogP contribution >= 0.6 is 27.5 Å². The van der Waals surface area contributed by atoms with Crippen LogP contribution in [-0.2, 0) is 22.6 Å². The van der Waals surface area contributed by atoms with Gasteiger partial charge in [0, 0.05) is 24.5 Å². The molecule has 0 saturated heterocycles. The lowest BCUT2D eigenvalue weighted by Crippen LogP contribution is -2.51. The van der Waals surface area contributed by atoms with E-state index in [0.29, 0.717) is 34.0 Å². The summed E-state index contributed by atoms with van der Waals surface area (Å²) in [4.78, 5) is 28.5. The summed E-state index contributed by atoms with van der Waals surface area (Å²) in [6.45, 7) is 2.50. The fraction of sp³-hybridized carbons (Fsp3) is 0.286. The first kappa shape index (κ1) is 27.6. The number of benzene rings is 3. The van der Waals surface area contributed by atoms with Crippen LogP contribution in [0.25, 0.3) is 0 Å². The van der Waals surface area contributed by atoms with Crippen molar-refractivity contribution < 1.29 is 19.1 Å². The predicted octanol–water partition coefficient (Wildman–Crippen LogP) is 5.66. The third-order valence-electron chi connectivity index (χ3n) is 5.55. The van der Waals surface area contributed by atoms with E-state index in [4.69, 9.17) is 21.1 Å². The summed E-state index contributed by atoms with van der Waals surface area (Å²) < 4.78 is 11.8. The maximum atomic E-state index is 13.6. The summed E-state index contributed by atoms with van der Waals surface area (Å²) in [6, 6.07) is 21.5. The van der Waals surface area contributed by atoms with Gasteiger partial charge in [-0.25, -0.2) is 0 Å². The van der Waals surface area contributed by atoms with Gasteiger partial charge in [0.15, 0.2) is 6.61 Å². The Balaban J connectivity index is 1.91. The molecule has 2 amide bonds. The Morgan fingerprint density at radius 1 is 1.03 bits per heavy atom. The molecule has 8 heteroatoms. The van der Waals surface area contributed by atoms with Gasteiger partial charge in [0.05, 0.1) is 11.6 Å². The maximum Gasteiger partial charge on any atom is 0.261 e. The van der Waals surface area contributed by atoms with Gasteiger partial charge >= 0.3 is 0 Å². The highest BCUT2D eigenvalue weighted by atomic mass is 79.9. The number of hydrogen-bond acceptors (Lipinski definition) is 4. The van der Waals surface area contributed by atoms with Crippen LogP contribution in [0.5, 0.6) is 11.5 Å². The van der Waals surface area contributed by atoms with Gasteiger partial charge in [0.2, 0.25) is 5.91 Å². The van der Waals surface area contributed by atoms with E-state index < -0.39 is 6.04 Å². The lowest BCUT2D eigenvalue weighted by Gasteiger charge is -2.31. The lowest BCUT2D eigenvalue weighted by atomic mass is 10.0. The first-order valence-electron chi connectivity index (χ1n) is 11.7. The van der Waals surface area contributed by atoms with Crippen molar-refractivity contribution in [3.8, 4) is 11.5 Å². The molecule has 0 radical (unpaired) electrons. The molecule has 0 aromatic heterocycles. The van der Waals surface area contributed by atoms with E-state index in [1.165, 1.54) is 0 Å². The molecule has 0 saturated carbocycles. The second-order valence-corrected chi connectivity index (χ2v) is 9.52. The van der Waals surface area contributed by atoms with Crippen LogP contribution in [0.4, 0.5) is 0 Å². The van der Waals surface area contributed by atoms with Crippen molar-refractivity contribution in [2.24, 2.45) is 0 Å². The van der Waals surface area contributed by atoms with E-state index in [9.17, 15) is 9.59 Å². The molecule has 0 unspecified atom stereocenters. The van der Waals surface area contributed by atoms with Crippen molar-refractivity contribution in [3.05, 3.63) is 93.4 Å². The van der Waals surface area contributed by atoms with Gasteiger partial charge in [-0.1, -0.05) is 61.0 Å². The van der Waals surface area contributed by atoms with Gasteiger partial charge in [-0.2, -0.15) is 0 Å². The van der Waals surface area contributed by atoms with E-state index in [1.807, 2.05) is 61.5 Å². The number of methoxy groups -OCH3 is 1. The minimum atomic E-state index is -0.727. The molecule has 1 atom stereocenters. The van der Waals surface area contributed by atoms with Crippen molar-refractivity contribution in [3.63, 3.8) is 0 Å². The number of carbonyl (C=O) groups is 2. The van der Waals surface area contributed by atoms with Crippen LogP contribution < -0.4 is 14.8 Å². The molecule has 3 aromatic rings. The SMILES string of the molecule is CCCNC(=O)[C@H](Cc1ccccc1)N(Cc1cccc(OC)c1)C(=O)COc1ccc(Cl)cc1Br. The van der Waals surface area contributed by atoms with Crippen LogP contribution in [0.2, 0.25) is 5.02 Å². The average molecular weight is 574 g/mol. The third-order valence-corrected chi connectivity index (χ3v) is 6.41. The quantitative estimate of drug-likeness (QED) is 0.304. The minimum absolute atomic E-state index is 0.204. The zero-order valence-electron chi connectivity index (χ0n) is 20.4. The van der Waals surface area contributed by atoms with E-state index in [2.05, 4.69) is 21.2 Å². The Hall–Kier alpha value is -3.03. The summed E-state index contributed by atoms with van der Waals surface area (Å²) >= 11 is 9.44.